The molecule has 0 unspecified atom stereocenters. The summed E-state index contributed by atoms with van der Waals surface area (Å²) in [7, 11) is -3.56. The van der Waals surface area contributed by atoms with Gasteiger partial charge in [0.05, 0.1) is 11.9 Å². The first-order chi connectivity index (χ1) is 19.5. The van der Waals surface area contributed by atoms with Gasteiger partial charge in [0.1, 0.15) is 6.04 Å². The molecule has 9 heteroatoms. The van der Waals surface area contributed by atoms with Gasteiger partial charge in [0.25, 0.3) is 0 Å². The van der Waals surface area contributed by atoms with E-state index in [0.717, 1.165) is 29.4 Å². The van der Waals surface area contributed by atoms with Crippen molar-refractivity contribution >= 4 is 39.1 Å². The van der Waals surface area contributed by atoms with Gasteiger partial charge in [0, 0.05) is 37.0 Å². The Labute approximate surface area is 249 Å². The molecule has 0 aliphatic heterocycles. The molecule has 0 aliphatic rings. The predicted octanol–water partition coefficient (Wildman–Crippen LogP) is 5.75. The van der Waals surface area contributed by atoms with Crippen LogP contribution in [0.25, 0.3) is 0 Å². The van der Waals surface area contributed by atoms with Gasteiger partial charge >= 0.3 is 0 Å². The average Bonchev–Trinajstić information content (AvgIpc) is 2.93. The Hall–Kier alpha value is -3.36. The van der Waals surface area contributed by atoms with E-state index in [-0.39, 0.29) is 43.8 Å². The number of hydrogen-bond donors (Lipinski definition) is 1. The summed E-state index contributed by atoms with van der Waals surface area (Å²) in [6.45, 7) is 6.20. The van der Waals surface area contributed by atoms with E-state index in [2.05, 4.69) is 5.32 Å². The van der Waals surface area contributed by atoms with Gasteiger partial charge in [-0.15, -0.1) is 0 Å². The van der Waals surface area contributed by atoms with Gasteiger partial charge in [-0.3, -0.25) is 13.9 Å². The van der Waals surface area contributed by atoms with Crippen molar-refractivity contribution in [3.63, 3.8) is 0 Å². The minimum Gasteiger partial charge on any atom is -0.352 e. The molecule has 0 saturated heterocycles. The van der Waals surface area contributed by atoms with Crippen LogP contribution in [0.3, 0.4) is 0 Å². The van der Waals surface area contributed by atoms with Crippen LogP contribution in [-0.4, -0.2) is 50.0 Å². The molecule has 2 atom stereocenters. The molecule has 1 N–H and O–H groups in total. The van der Waals surface area contributed by atoms with E-state index in [0.29, 0.717) is 17.1 Å². The number of rotatable bonds is 14. The molecule has 0 heterocycles. The lowest BCUT2D eigenvalue weighted by atomic mass is 10.0. The summed E-state index contributed by atoms with van der Waals surface area (Å²) in [5.74, 6) is -0.460. The Balaban J connectivity index is 1.89. The monoisotopic (exact) mass is 597 g/mol. The van der Waals surface area contributed by atoms with E-state index in [1.807, 2.05) is 75.4 Å². The van der Waals surface area contributed by atoms with Gasteiger partial charge in [-0.25, -0.2) is 8.42 Å². The van der Waals surface area contributed by atoms with E-state index in [4.69, 9.17) is 11.6 Å². The molecule has 7 nitrogen and oxygen atoms in total. The molecular formula is C32H40ClN3O4S. The maximum absolute atomic E-state index is 13.9. The Morgan fingerprint density at radius 1 is 0.951 bits per heavy atom. The second-order valence-corrected chi connectivity index (χ2v) is 12.8. The number of aryl methyl sites for hydroxylation is 1. The number of sulfonamides is 1. The quantitative estimate of drug-likeness (QED) is 0.256. The molecule has 0 spiro atoms. The first-order valence-corrected chi connectivity index (χ1v) is 16.1. The fourth-order valence-electron chi connectivity index (χ4n) is 4.54. The number of amides is 2. The first kappa shape index (κ1) is 32.2. The zero-order chi connectivity index (χ0) is 30.0. The Kier molecular flexibility index (Phi) is 11.8. The number of nitrogens with one attached hydrogen (secondary N) is 1. The molecule has 41 heavy (non-hydrogen) atoms. The van der Waals surface area contributed by atoms with Crippen molar-refractivity contribution in [3.05, 3.63) is 101 Å². The van der Waals surface area contributed by atoms with Gasteiger partial charge in [-0.05, 0) is 62.1 Å². The van der Waals surface area contributed by atoms with Crippen LogP contribution >= 0.6 is 11.6 Å². The second-order valence-electron chi connectivity index (χ2n) is 10.4. The lowest BCUT2D eigenvalue weighted by Crippen LogP contribution is -2.52. The molecule has 0 bridgehead atoms. The number of carbonyl (C=O) groups is 2. The average molecular weight is 598 g/mol. The zero-order valence-electron chi connectivity index (χ0n) is 24.2. The van der Waals surface area contributed by atoms with E-state index in [9.17, 15) is 18.0 Å². The molecule has 3 aromatic rings. The fraction of sp³-hybridized carbons (Fsp3) is 0.375. The van der Waals surface area contributed by atoms with Crippen LogP contribution in [0.1, 0.15) is 49.8 Å². The fourth-order valence-corrected chi connectivity index (χ4v) is 5.72. The van der Waals surface area contributed by atoms with Crippen molar-refractivity contribution in [1.29, 1.82) is 0 Å². The van der Waals surface area contributed by atoms with Crippen molar-refractivity contribution < 1.29 is 18.0 Å². The highest BCUT2D eigenvalue weighted by atomic mass is 35.5. The largest absolute Gasteiger partial charge is 0.352 e. The molecule has 3 aromatic carbocycles. The Bertz CT molecular complexity index is 1400. The zero-order valence-corrected chi connectivity index (χ0v) is 25.8. The number of halogens is 1. The maximum atomic E-state index is 13.9. The number of benzene rings is 3. The first-order valence-electron chi connectivity index (χ1n) is 13.9. The van der Waals surface area contributed by atoms with Crippen LogP contribution in [-0.2, 0) is 32.6 Å². The van der Waals surface area contributed by atoms with Crippen molar-refractivity contribution in [2.75, 3.05) is 17.1 Å². The van der Waals surface area contributed by atoms with Gasteiger partial charge in [0.2, 0.25) is 21.8 Å². The van der Waals surface area contributed by atoms with Crippen LogP contribution in [0.5, 0.6) is 0 Å². The van der Waals surface area contributed by atoms with Gasteiger partial charge in [-0.1, -0.05) is 78.7 Å². The Morgan fingerprint density at radius 2 is 1.61 bits per heavy atom. The van der Waals surface area contributed by atoms with Crippen molar-refractivity contribution in [3.8, 4) is 0 Å². The summed E-state index contributed by atoms with van der Waals surface area (Å²) in [5, 5.41) is 3.60. The molecule has 220 valence electrons. The van der Waals surface area contributed by atoms with Crippen LogP contribution in [0, 0.1) is 6.92 Å². The summed E-state index contributed by atoms with van der Waals surface area (Å²) in [6.07, 6.45) is 2.62. The van der Waals surface area contributed by atoms with Crippen LogP contribution < -0.4 is 9.62 Å². The third-order valence-electron chi connectivity index (χ3n) is 6.99. The number of carbonyl (C=O) groups excluding carboxylic acids is 2. The molecular weight excluding hydrogens is 558 g/mol. The van der Waals surface area contributed by atoms with Crippen molar-refractivity contribution in [2.24, 2.45) is 0 Å². The predicted molar refractivity (Wildman–Crippen MR) is 166 cm³/mol. The SMILES string of the molecule is CC[C@H](C)NC(=O)[C@@H](Cc1ccccc1)N(Cc1cccc(Cl)c1)C(=O)CCCN(c1ccc(C)cc1)S(C)(=O)=O. The number of anilines is 1. The highest BCUT2D eigenvalue weighted by Gasteiger charge is 2.31. The third kappa shape index (κ3) is 9.90. The minimum absolute atomic E-state index is 0.0540. The van der Waals surface area contributed by atoms with Crippen LogP contribution in [0.15, 0.2) is 78.9 Å². The summed E-state index contributed by atoms with van der Waals surface area (Å²) in [4.78, 5) is 29.1. The second kappa shape index (κ2) is 15.0. The molecule has 0 aliphatic carbocycles. The van der Waals surface area contributed by atoms with Crippen LogP contribution in [0.2, 0.25) is 5.02 Å². The summed E-state index contributed by atoms with van der Waals surface area (Å²) < 4.78 is 26.5. The van der Waals surface area contributed by atoms with E-state index in [1.54, 1.807) is 29.2 Å². The van der Waals surface area contributed by atoms with E-state index < -0.39 is 16.1 Å². The van der Waals surface area contributed by atoms with Crippen LogP contribution in [0.4, 0.5) is 5.69 Å². The maximum Gasteiger partial charge on any atom is 0.243 e. The summed E-state index contributed by atoms with van der Waals surface area (Å²) in [5.41, 5.74) is 3.31. The van der Waals surface area contributed by atoms with Gasteiger partial charge < -0.3 is 10.2 Å². The van der Waals surface area contributed by atoms with Crippen molar-refractivity contribution in [1.82, 2.24) is 10.2 Å². The standard InChI is InChI=1S/C32H40ClN3O4S/c1-5-25(3)34-32(38)30(22-26-11-7-6-8-12-26)35(23-27-13-9-14-28(33)21-27)31(37)15-10-20-36(41(4,39)40)29-18-16-24(2)17-19-29/h6-9,11-14,16-19,21,25,30H,5,10,15,20,22-23H2,1-4H3,(H,34,38)/t25-,30+/m0/s1. The molecule has 0 fully saturated rings. The van der Waals surface area contributed by atoms with Gasteiger partial charge in [-0.2, -0.15) is 0 Å². The number of nitrogens with zero attached hydrogens (tertiary/aromatic N) is 2. The van der Waals surface area contributed by atoms with Crippen molar-refractivity contribution in [2.45, 2.75) is 65.1 Å². The Morgan fingerprint density at radius 3 is 2.22 bits per heavy atom. The minimum atomic E-state index is -3.56. The summed E-state index contributed by atoms with van der Waals surface area (Å²) in [6, 6.07) is 23.3. The molecule has 3 rings (SSSR count). The summed E-state index contributed by atoms with van der Waals surface area (Å²) >= 11 is 6.25. The lowest BCUT2D eigenvalue weighted by Gasteiger charge is -2.32. The smallest absolute Gasteiger partial charge is 0.243 e. The van der Waals surface area contributed by atoms with E-state index >= 15 is 0 Å². The molecule has 2 amide bonds. The van der Waals surface area contributed by atoms with E-state index in [1.165, 1.54) is 4.31 Å². The number of hydrogen-bond acceptors (Lipinski definition) is 4. The lowest BCUT2D eigenvalue weighted by molar-refractivity contribution is -0.141. The molecule has 0 aromatic heterocycles. The topological polar surface area (TPSA) is 86.8 Å². The highest BCUT2D eigenvalue weighted by Crippen LogP contribution is 2.21. The molecule has 0 radical (unpaired) electrons. The third-order valence-corrected chi connectivity index (χ3v) is 8.42. The highest BCUT2D eigenvalue weighted by molar-refractivity contribution is 7.92. The van der Waals surface area contributed by atoms with Gasteiger partial charge in [0.15, 0.2) is 0 Å². The normalized spacial score (nSPS) is 12.8. The molecule has 0 saturated carbocycles.